The van der Waals surface area contributed by atoms with E-state index in [2.05, 4.69) is 13.8 Å². The van der Waals surface area contributed by atoms with Crippen LogP contribution in [-0.2, 0) is 4.79 Å². The zero-order chi connectivity index (χ0) is 19.7. The molecule has 4 fully saturated rings. The number of aliphatic hydroxyl groups is 3. The van der Waals surface area contributed by atoms with Crippen LogP contribution in [0.5, 0.6) is 0 Å². The van der Waals surface area contributed by atoms with E-state index in [1.165, 1.54) is 0 Å². The lowest BCUT2D eigenvalue weighted by molar-refractivity contribution is -0.207. The van der Waals surface area contributed by atoms with Gasteiger partial charge in [0.05, 0.1) is 24.2 Å². The van der Waals surface area contributed by atoms with Gasteiger partial charge in [-0.2, -0.15) is 0 Å². The van der Waals surface area contributed by atoms with Crippen LogP contribution in [0.4, 0.5) is 0 Å². The maximum absolute atomic E-state index is 11.7. The van der Waals surface area contributed by atoms with Crippen molar-refractivity contribution in [2.45, 2.75) is 84.0 Å². The minimum Gasteiger partial charge on any atom is -0.481 e. The van der Waals surface area contributed by atoms with Gasteiger partial charge in [-0.1, -0.05) is 20.8 Å². The van der Waals surface area contributed by atoms with Crippen LogP contribution >= 0.6 is 0 Å². The molecule has 0 unspecified atom stereocenters. The number of rotatable bonds is 2. The number of fused-ring (bicyclic) bond motifs is 5. The van der Waals surface area contributed by atoms with Gasteiger partial charge in [0.2, 0.25) is 0 Å². The molecule has 4 rings (SSSR count). The molecular formula is C22H36O5. The fourth-order valence-electron chi connectivity index (χ4n) is 8.19. The largest absolute Gasteiger partial charge is 0.481 e. The molecule has 4 aliphatic rings. The van der Waals surface area contributed by atoms with Gasteiger partial charge >= 0.3 is 5.97 Å². The van der Waals surface area contributed by atoms with E-state index in [1.54, 1.807) is 6.92 Å². The highest BCUT2D eigenvalue weighted by Crippen LogP contribution is 2.68. The number of hydrogen-bond acceptors (Lipinski definition) is 4. The molecule has 0 bridgehead atoms. The highest BCUT2D eigenvalue weighted by atomic mass is 16.4. The van der Waals surface area contributed by atoms with Gasteiger partial charge in [0.25, 0.3) is 0 Å². The first kappa shape index (κ1) is 19.7. The number of aliphatic carboxylic acids is 1. The second kappa shape index (κ2) is 6.43. The van der Waals surface area contributed by atoms with Crippen LogP contribution in [0.15, 0.2) is 0 Å². The van der Waals surface area contributed by atoms with Crippen molar-refractivity contribution in [2.75, 3.05) is 0 Å². The molecule has 0 heterocycles. The third-order valence-electron chi connectivity index (χ3n) is 9.83. The van der Waals surface area contributed by atoms with Gasteiger partial charge < -0.3 is 20.4 Å². The quantitative estimate of drug-likeness (QED) is 0.590. The maximum Gasteiger partial charge on any atom is 0.306 e. The Labute approximate surface area is 162 Å². The van der Waals surface area contributed by atoms with E-state index in [0.717, 1.165) is 38.5 Å². The molecule has 0 aromatic carbocycles. The maximum atomic E-state index is 11.7. The Balaban J connectivity index is 1.69. The van der Waals surface area contributed by atoms with Crippen LogP contribution in [0.2, 0.25) is 0 Å². The lowest BCUT2D eigenvalue weighted by Crippen LogP contribution is -2.62. The lowest BCUT2D eigenvalue weighted by atomic mass is 9.43. The van der Waals surface area contributed by atoms with Crippen LogP contribution in [0.25, 0.3) is 0 Å². The zero-order valence-corrected chi connectivity index (χ0v) is 16.8. The van der Waals surface area contributed by atoms with Crippen molar-refractivity contribution in [1.82, 2.24) is 0 Å². The molecule has 0 aromatic rings. The lowest BCUT2D eigenvalue weighted by Gasteiger charge is -2.63. The SMILES string of the molecule is C[C@H](C(=O)O)[C@H]1CC[C@H]2[C@@H]3[C@H](O)C[C@@H]4C[C@H](O)CC[C@]4(C)[C@H]3C[C@H](O)[C@]12C. The minimum atomic E-state index is -0.784. The molecule has 0 aliphatic heterocycles. The molecule has 11 atom stereocenters. The minimum absolute atomic E-state index is 0.0399. The number of hydrogen-bond donors (Lipinski definition) is 4. The number of aliphatic hydroxyl groups excluding tert-OH is 3. The summed E-state index contributed by atoms with van der Waals surface area (Å²) in [6, 6.07) is 0. The smallest absolute Gasteiger partial charge is 0.306 e. The van der Waals surface area contributed by atoms with Crippen molar-refractivity contribution in [3.8, 4) is 0 Å². The van der Waals surface area contributed by atoms with E-state index in [1.807, 2.05) is 0 Å². The third-order valence-corrected chi connectivity index (χ3v) is 9.83. The van der Waals surface area contributed by atoms with Crippen LogP contribution in [-0.4, -0.2) is 44.7 Å². The van der Waals surface area contributed by atoms with Crippen molar-refractivity contribution in [3.63, 3.8) is 0 Å². The summed E-state index contributed by atoms with van der Waals surface area (Å²) in [5.41, 5.74) is -0.376. The van der Waals surface area contributed by atoms with Crippen molar-refractivity contribution >= 4 is 5.97 Å². The van der Waals surface area contributed by atoms with E-state index < -0.39 is 29.5 Å². The van der Waals surface area contributed by atoms with Gasteiger partial charge in [-0.3, -0.25) is 4.79 Å². The first-order valence-electron chi connectivity index (χ1n) is 10.9. The molecule has 4 N–H and O–H groups in total. The molecule has 0 aromatic heterocycles. The van der Waals surface area contributed by atoms with E-state index in [0.29, 0.717) is 12.3 Å². The Hall–Kier alpha value is -0.650. The molecule has 154 valence electrons. The Bertz CT molecular complexity index is 608. The molecule has 0 amide bonds. The van der Waals surface area contributed by atoms with Gasteiger partial charge in [0, 0.05) is 5.41 Å². The molecule has 0 saturated heterocycles. The highest BCUT2D eigenvalue weighted by molar-refractivity contribution is 5.70. The second-order valence-electron chi connectivity index (χ2n) is 10.7. The standard InChI is InChI=1S/C22H36O5/c1-11(20(26)27)14-4-5-15-19-16(10-18(25)22(14,15)3)21(2)7-6-13(23)8-12(21)9-17(19)24/h11-19,23-25H,4-10H2,1-3H3,(H,26,27)/t11-,12-,13+,14+,15-,16-,17+,18-,19-,21-,22+/m0/s1. The Morgan fingerprint density at radius 1 is 1.00 bits per heavy atom. The van der Waals surface area contributed by atoms with Crippen molar-refractivity contribution in [1.29, 1.82) is 0 Å². The summed E-state index contributed by atoms with van der Waals surface area (Å²) in [6.45, 7) is 6.17. The predicted molar refractivity (Wildman–Crippen MR) is 101 cm³/mol. The Kier molecular flexibility index (Phi) is 4.68. The fourth-order valence-corrected chi connectivity index (χ4v) is 8.19. The summed E-state index contributed by atoms with van der Waals surface area (Å²) in [7, 11) is 0. The van der Waals surface area contributed by atoms with E-state index in [-0.39, 0.29) is 35.2 Å². The van der Waals surface area contributed by atoms with Gasteiger partial charge in [-0.15, -0.1) is 0 Å². The molecule has 4 aliphatic carbocycles. The highest BCUT2D eigenvalue weighted by Gasteiger charge is 2.66. The van der Waals surface area contributed by atoms with Crippen LogP contribution in [0, 0.1) is 46.3 Å². The molecule has 27 heavy (non-hydrogen) atoms. The fraction of sp³-hybridized carbons (Fsp3) is 0.955. The molecule has 5 nitrogen and oxygen atoms in total. The second-order valence-corrected chi connectivity index (χ2v) is 10.7. The van der Waals surface area contributed by atoms with E-state index >= 15 is 0 Å². The summed E-state index contributed by atoms with van der Waals surface area (Å²) < 4.78 is 0. The molecular weight excluding hydrogens is 344 g/mol. The van der Waals surface area contributed by atoms with Gasteiger partial charge in [-0.25, -0.2) is 0 Å². The van der Waals surface area contributed by atoms with Gasteiger partial charge in [-0.05, 0) is 80.0 Å². The Morgan fingerprint density at radius 3 is 2.37 bits per heavy atom. The average molecular weight is 381 g/mol. The number of carboxylic acid groups (broad SMARTS) is 1. The summed E-state index contributed by atoms with van der Waals surface area (Å²) in [5, 5.41) is 42.2. The Morgan fingerprint density at radius 2 is 1.70 bits per heavy atom. The van der Waals surface area contributed by atoms with Crippen LogP contribution in [0.1, 0.15) is 65.7 Å². The topological polar surface area (TPSA) is 98.0 Å². The first-order valence-corrected chi connectivity index (χ1v) is 10.9. The molecule has 4 saturated carbocycles. The normalized spacial score (nSPS) is 55.9. The number of carbonyl (C=O) groups is 1. The van der Waals surface area contributed by atoms with Crippen molar-refractivity contribution in [2.24, 2.45) is 46.3 Å². The number of carboxylic acids is 1. The van der Waals surface area contributed by atoms with Crippen LogP contribution in [0.3, 0.4) is 0 Å². The molecule has 0 spiro atoms. The third kappa shape index (κ3) is 2.64. The average Bonchev–Trinajstić information content (AvgIpc) is 2.95. The predicted octanol–water partition coefficient (Wildman–Crippen LogP) is 2.67. The van der Waals surface area contributed by atoms with E-state index in [4.69, 9.17) is 0 Å². The van der Waals surface area contributed by atoms with Gasteiger partial charge in [0.1, 0.15) is 0 Å². The van der Waals surface area contributed by atoms with E-state index in [9.17, 15) is 25.2 Å². The summed E-state index contributed by atoms with van der Waals surface area (Å²) >= 11 is 0. The molecule has 5 heteroatoms. The van der Waals surface area contributed by atoms with Crippen molar-refractivity contribution in [3.05, 3.63) is 0 Å². The summed E-state index contributed by atoms with van der Waals surface area (Å²) in [4.78, 5) is 11.7. The monoisotopic (exact) mass is 380 g/mol. The molecule has 0 radical (unpaired) electrons. The van der Waals surface area contributed by atoms with Crippen molar-refractivity contribution < 1.29 is 25.2 Å². The summed E-state index contributed by atoms with van der Waals surface area (Å²) in [5.74, 6) is -0.413. The summed E-state index contributed by atoms with van der Waals surface area (Å²) in [6.07, 6.45) is 4.43. The van der Waals surface area contributed by atoms with Crippen LogP contribution < -0.4 is 0 Å². The first-order chi connectivity index (χ1) is 12.6. The van der Waals surface area contributed by atoms with Gasteiger partial charge in [0.15, 0.2) is 0 Å². The zero-order valence-electron chi connectivity index (χ0n) is 16.8.